The molecule has 0 aliphatic carbocycles. The Bertz CT molecular complexity index is 994. The van der Waals surface area contributed by atoms with Gasteiger partial charge in [-0.2, -0.15) is 0 Å². The molecule has 0 saturated heterocycles. The van der Waals surface area contributed by atoms with Gasteiger partial charge >= 0.3 is 0 Å². The van der Waals surface area contributed by atoms with E-state index in [9.17, 15) is 14.7 Å². The largest absolute Gasteiger partial charge is 0.484 e. The fourth-order valence-corrected chi connectivity index (χ4v) is 3.49. The van der Waals surface area contributed by atoms with Gasteiger partial charge in [0.15, 0.2) is 12.6 Å². The van der Waals surface area contributed by atoms with Crippen molar-refractivity contribution in [2.45, 2.75) is 32.9 Å². The molecule has 0 spiro atoms. The number of aliphatic hydroxyl groups excluding tert-OH is 1. The zero-order chi connectivity index (χ0) is 23.8. The number of aliphatic imine (C=N–C) groups is 1. The van der Waals surface area contributed by atoms with E-state index in [-0.39, 0.29) is 43.6 Å². The van der Waals surface area contributed by atoms with Crippen LogP contribution in [0.25, 0.3) is 0 Å². The number of benzene rings is 2. The van der Waals surface area contributed by atoms with Gasteiger partial charge in [0, 0.05) is 37.5 Å². The van der Waals surface area contributed by atoms with Crippen LogP contribution in [-0.4, -0.2) is 60.1 Å². The second-order valence-corrected chi connectivity index (χ2v) is 8.09. The minimum Gasteiger partial charge on any atom is -0.484 e. The van der Waals surface area contributed by atoms with E-state index in [1.807, 2.05) is 50.2 Å². The monoisotopic (exact) mass is 453 g/mol. The summed E-state index contributed by atoms with van der Waals surface area (Å²) in [6.45, 7) is 4.63. The highest BCUT2D eigenvalue weighted by molar-refractivity contribution is 5.94. The van der Waals surface area contributed by atoms with Gasteiger partial charge in [0.1, 0.15) is 5.75 Å². The van der Waals surface area contributed by atoms with Crippen molar-refractivity contribution in [3.63, 3.8) is 0 Å². The van der Waals surface area contributed by atoms with E-state index < -0.39 is 0 Å². The van der Waals surface area contributed by atoms with Crippen molar-refractivity contribution in [1.29, 1.82) is 0 Å². The summed E-state index contributed by atoms with van der Waals surface area (Å²) in [5.41, 5.74) is 8.39. The molecule has 0 aromatic heterocycles. The molecule has 176 valence electrons. The number of hydrogen-bond donors (Lipinski definition) is 3. The minimum atomic E-state index is -0.210. The number of fused-ring (bicyclic) bond motifs is 1. The molecule has 0 unspecified atom stereocenters. The second-order valence-electron chi connectivity index (χ2n) is 8.09. The fraction of sp³-hybridized carbons (Fsp3) is 0.375. The SMILES string of the molecule is CC(C)NC(=O)CN1Cc2ccc(OCC(=O)N(CCCO)c3ccccc3)cc2N=C1N. The lowest BCUT2D eigenvalue weighted by atomic mass is 10.1. The Balaban J connectivity index is 1.64. The summed E-state index contributed by atoms with van der Waals surface area (Å²) in [5.74, 6) is 0.431. The number of ether oxygens (including phenoxy) is 1. The number of amides is 2. The van der Waals surface area contributed by atoms with Gasteiger partial charge in [0.2, 0.25) is 5.91 Å². The number of anilines is 1. The number of para-hydroxylation sites is 1. The van der Waals surface area contributed by atoms with Gasteiger partial charge < -0.3 is 30.7 Å². The predicted molar refractivity (Wildman–Crippen MR) is 127 cm³/mol. The van der Waals surface area contributed by atoms with Gasteiger partial charge in [0.25, 0.3) is 5.91 Å². The number of hydrogen-bond acceptors (Lipinski definition) is 7. The van der Waals surface area contributed by atoms with Crippen LogP contribution in [0.4, 0.5) is 11.4 Å². The third-order valence-electron chi connectivity index (χ3n) is 5.03. The highest BCUT2D eigenvalue weighted by Gasteiger charge is 2.21. The number of aliphatic hydroxyl groups is 1. The molecule has 0 atom stereocenters. The topological polar surface area (TPSA) is 120 Å². The van der Waals surface area contributed by atoms with Crippen LogP contribution >= 0.6 is 0 Å². The summed E-state index contributed by atoms with van der Waals surface area (Å²) in [6.07, 6.45) is 0.471. The summed E-state index contributed by atoms with van der Waals surface area (Å²) in [6, 6.07) is 14.7. The molecule has 2 aromatic rings. The van der Waals surface area contributed by atoms with Crippen LogP contribution in [-0.2, 0) is 16.1 Å². The van der Waals surface area contributed by atoms with Crippen molar-refractivity contribution in [2.75, 3.05) is 31.2 Å². The van der Waals surface area contributed by atoms with Crippen LogP contribution in [0.2, 0.25) is 0 Å². The molecule has 0 radical (unpaired) electrons. The lowest BCUT2D eigenvalue weighted by Crippen LogP contribution is -2.46. The number of rotatable bonds is 10. The Morgan fingerprint density at radius 3 is 2.70 bits per heavy atom. The van der Waals surface area contributed by atoms with E-state index in [1.54, 1.807) is 21.9 Å². The number of carbonyl (C=O) groups excluding carboxylic acids is 2. The maximum Gasteiger partial charge on any atom is 0.264 e. The first-order valence-corrected chi connectivity index (χ1v) is 11.0. The van der Waals surface area contributed by atoms with Gasteiger partial charge in [-0.25, -0.2) is 4.99 Å². The van der Waals surface area contributed by atoms with Crippen molar-refractivity contribution < 1.29 is 19.4 Å². The smallest absolute Gasteiger partial charge is 0.264 e. The van der Waals surface area contributed by atoms with Gasteiger partial charge in [-0.05, 0) is 44.0 Å². The maximum absolute atomic E-state index is 12.8. The molecule has 9 heteroatoms. The van der Waals surface area contributed by atoms with Crippen molar-refractivity contribution in [2.24, 2.45) is 10.7 Å². The molecule has 0 saturated carbocycles. The van der Waals surface area contributed by atoms with E-state index in [1.165, 1.54) is 0 Å². The number of nitrogens with zero attached hydrogens (tertiary/aromatic N) is 3. The minimum absolute atomic E-state index is 0.00212. The first-order valence-electron chi connectivity index (χ1n) is 11.0. The number of guanidine groups is 1. The Morgan fingerprint density at radius 1 is 1.24 bits per heavy atom. The van der Waals surface area contributed by atoms with Crippen LogP contribution in [0.5, 0.6) is 5.75 Å². The zero-order valence-electron chi connectivity index (χ0n) is 19.0. The summed E-state index contributed by atoms with van der Waals surface area (Å²) in [5, 5.41) is 12.0. The Hall–Kier alpha value is -3.59. The third-order valence-corrected chi connectivity index (χ3v) is 5.03. The molecule has 0 fully saturated rings. The molecular weight excluding hydrogens is 422 g/mol. The van der Waals surface area contributed by atoms with Crippen LogP contribution in [0.15, 0.2) is 53.5 Å². The average Bonchev–Trinajstić information content (AvgIpc) is 2.78. The van der Waals surface area contributed by atoms with E-state index in [2.05, 4.69) is 10.3 Å². The van der Waals surface area contributed by atoms with Gasteiger partial charge in [-0.15, -0.1) is 0 Å². The third kappa shape index (κ3) is 6.69. The number of nitrogens with one attached hydrogen (secondary N) is 1. The molecule has 9 nitrogen and oxygen atoms in total. The summed E-state index contributed by atoms with van der Waals surface area (Å²) >= 11 is 0. The predicted octanol–water partition coefficient (Wildman–Crippen LogP) is 1.77. The van der Waals surface area contributed by atoms with Crippen LogP contribution in [0.3, 0.4) is 0 Å². The Morgan fingerprint density at radius 2 is 2.00 bits per heavy atom. The summed E-state index contributed by atoms with van der Waals surface area (Å²) in [4.78, 5) is 32.6. The van der Waals surface area contributed by atoms with Crippen molar-refractivity contribution >= 4 is 29.1 Å². The van der Waals surface area contributed by atoms with Gasteiger partial charge in [0.05, 0.1) is 12.2 Å². The van der Waals surface area contributed by atoms with Crippen LogP contribution < -0.4 is 20.7 Å². The summed E-state index contributed by atoms with van der Waals surface area (Å²) < 4.78 is 5.75. The second kappa shape index (κ2) is 11.3. The van der Waals surface area contributed by atoms with Gasteiger partial charge in [-0.1, -0.05) is 24.3 Å². The van der Waals surface area contributed by atoms with E-state index >= 15 is 0 Å². The van der Waals surface area contributed by atoms with Gasteiger partial charge in [-0.3, -0.25) is 9.59 Å². The Labute approximate surface area is 193 Å². The molecule has 1 heterocycles. The van der Waals surface area contributed by atoms with E-state index in [4.69, 9.17) is 10.5 Å². The van der Waals surface area contributed by atoms with Crippen LogP contribution in [0, 0.1) is 0 Å². The normalized spacial score (nSPS) is 12.7. The van der Waals surface area contributed by atoms with Crippen molar-refractivity contribution in [3.8, 4) is 5.75 Å². The molecule has 4 N–H and O–H groups in total. The molecule has 0 bridgehead atoms. The zero-order valence-corrected chi connectivity index (χ0v) is 19.0. The molecule has 3 rings (SSSR count). The molecule has 1 aliphatic rings. The van der Waals surface area contributed by atoms with E-state index in [0.717, 1.165) is 11.3 Å². The number of nitrogens with two attached hydrogens (primary N) is 1. The maximum atomic E-state index is 12.8. The molecule has 1 aliphatic heterocycles. The fourth-order valence-electron chi connectivity index (χ4n) is 3.49. The molecule has 33 heavy (non-hydrogen) atoms. The van der Waals surface area contributed by atoms with Crippen molar-refractivity contribution in [3.05, 3.63) is 54.1 Å². The quantitative estimate of drug-likeness (QED) is 0.504. The Kier molecular flexibility index (Phi) is 8.26. The lowest BCUT2D eigenvalue weighted by Gasteiger charge is -2.28. The summed E-state index contributed by atoms with van der Waals surface area (Å²) in [7, 11) is 0. The first kappa shape index (κ1) is 24.1. The molecule has 2 aromatic carbocycles. The standard InChI is InChI=1S/C24H31N5O4/c1-17(2)26-22(31)15-28-14-18-9-10-20(13-21(18)27-24(28)25)33-16-23(32)29(11-6-12-30)19-7-4-3-5-8-19/h3-5,7-10,13,17,30H,6,11-12,14-16H2,1-2H3,(H2,25,27)(H,26,31). The van der Waals surface area contributed by atoms with Crippen molar-refractivity contribution in [1.82, 2.24) is 10.2 Å². The molecule has 2 amide bonds. The first-order chi connectivity index (χ1) is 15.9. The highest BCUT2D eigenvalue weighted by Crippen LogP contribution is 2.29. The van der Waals surface area contributed by atoms with Crippen LogP contribution in [0.1, 0.15) is 25.8 Å². The van der Waals surface area contributed by atoms with E-state index in [0.29, 0.717) is 30.9 Å². The molecular formula is C24H31N5O4. The number of carbonyl (C=O) groups is 2. The highest BCUT2D eigenvalue weighted by atomic mass is 16.5. The average molecular weight is 454 g/mol. The lowest BCUT2D eigenvalue weighted by molar-refractivity contribution is -0.122.